The molecule has 2 aromatic rings. The molecular weight excluding hydrogens is 1060 g/mol. The molecule has 0 aliphatic heterocycles. The minimum Gasteiger partial charge on any atom is -0.481 e. The van der Waals surface area contributed by atoms with E-state index in [1.165, 1.54) is 0 Å². The van der Waals surface area contributed by atoms with Crippen LogP contribution in [0.2, 0.25) is 0 Å². The largest absolute Gasteiger partial charge is 0.481 e. The van der Waals surface area contributed by atoms with Gasteiger partial charge in [-0.2, -0.15) is 0 Å². The van der Waals surface area contributed by atoms with Crippen LogP contribution in [0.1, 0.15) is 194 Å². The maximum absolute atomic E-state index is 13.1. The number of ether oxygens (including phenoxy) is 2. The normalized spacial score (nSPS) is 40.2. The summed E-state index contributed by atoms with van der Waals surface area (Å²) in [7, 11) is 0. The monoisotopic (exact) mass is 1160 g/mol. The van der Waals surface area contributed by atoms with E-state index in [1.54, 1.807) is 0 Å². The second-order valence-electron chi connectivity index (χ2n) is 29.5. The van der Waals surface area contributed by atoms with Crippen molar-refractivity contribution in [3.05, 3.63) is 71.8 Å². The van der Waals surface area contributed by atoms with Gasteiger partial charge in [-0.3, -0.25) is 19.2 Å². The molecule has 0 spiro atoms. The summed E-state index contributed by atoms with van der Waals surface area (Å²) in [6, 6.07) is 21.0. The quantitative estimate of drug-likeness (QED) is 0.0489. The third-order valence-electron chi connectivity index (χ3n) is 25.5. The molecule has 0 heterocycles. The van der Waals surface area contributed by atoms with Crippen LogP contribution in [0.15, 0.2) is 60.7 Å². The number of aliphatic hydroxyl groups is 4. The van der Waals surface area contributed by atoms with Gasteiger partial charge in [-0.1, -0.05) is 102 Å². The molecule has 8 aliphatic rings. The Morgan fingerprint density at radius 2 is 0.976 bits per heavy atom. The van der Waals surface area contributed by atoms with Crippen molar-refractivity contribution in [3.8, 4) is 0 Å². The van der Waals surface area contributed by atoms with Gasteiger partial charge < -0.3 is 51.0 Å². The lowest BCUT2D eigenvalue weighted by atomic mass is 9.43. The lowest BCUT2D eigenvalue weighted by Crippen LogP contribution is -2.62. The van der Waals surface area contributed by atoms with Crippen molar-refractivity contribution in [2.75, 3.05) is 26.2 Å². The number of carbonyl (C=O) groups excluding carboxylic acids is 3. The van der Waals surface area contributed by atoms with Gasteiger partial charge in [-0.15, -0.1) is 0 Å². The molecule has 8 saturated carbocycles. The SMILES string of the molecule is C[C@H](CCC(=O)O)[C@H]1CC[C@H]2[C@@H]3[C@H](O)C[C@@H]4C[C@@H](OCCNC(=O)CCC(=O)NCCCNC(=O)CC[C@@H](C)[C@H]5CC[C@H]6[C@@H]7[C@H](O)C[C@@H]8C[C@H](OC(c9ccccc9)c9ccccc9)CC[C@]8(C)[C@H]7C[C@H](O)[C@]56C)CC[C@]4(C)[C@H]3C[C@H](O)[C@]12C. The van der Waals surface area contributed by atoms with E-state index in [-0.39, 0.29) is 142 Å². The zero-order chi connectivity index (χ0) is 59.7. The van der Waals surface area contributed by atoms with Crippen molar-refractivity contribution in [1.29, 1.82) is 0 Å². The van der Waals surface area contributed by atoms with Crippen molar-refractivity contribution < 1.29 is 54.2 Å². The van der Waals surface area contributed by atoms with Gasteiger partial charge in [-0.05, 0) is 213 Å². The topological polar surface area (TPSA) is 224 Å². The first-order valence-corrected chi connectivity index (χ1v) is 33.3. The molecule has 8 aliphatic carbocycles. The summed E-state index contributed by atoms with van der Waals surface area (Å²) < 4.78 is 13.4. The van der Waals surface area contributed by atoms with E-state index in [2.05, 4.69) is 106 Å². The second-order valence-corrected chi connectivity index (χ2v) is 29.5. The lowest BCUT2D eigenvalue weighted by molar-refractivity contribution is -0.210. The summed E-state index contributed by atoms with van der Waals surface area (Å²) in [5.41, 5.74) is 1.68. The van der Waals surface area contributed by atoms with E-state index in [4.69, 9.17) is 9.47 Å². The van der Waals surface area contributed by atoms with Crippen LogP contribution in [0.25, 0.3) is 0 Å². The molecule has 0 radical (unpaired) electrons. The van der Waals surface area contributed by atoms with Gasteiger partial charge in [0.2, 0.25) is 17.7 Å². The number of aliphatic hydroxyl groups excluding tert-OH is 4. The molecule has 14 nitrogen and oxygen atoms in total. The molecule has 22 atom stereocenters. The first kappa shape index (κ1) is 63.1. The third kappa shape index (κ3) is 12.6. The number of hydrogen-bond acceptors (Lipinski definition) is 10. The molecule has 0 bridgehead atoms. The van der Waals surface area contributed by atoms with Gasteiger partial charge in [0, 0.05) is 45.3 Å². The zero-order valence-corrected chi connectivity index (χ0v) is 51.6. The van der Waals surface area contributed by atoms with E-state index in [0.717, 1.165) is 94.6 Å². The van der Waals surface area contributed by atoms with Crippen LogP contribution in [-0.2, 0) is 28.7 Å². The van der Waals surface area contributed by atoms with E-state index in [9.17, 15) is 44.7 Å². The number of hydrogen-bond donors (Lipinski definition) is 8. The summed E-state index contributed by atoms with van der Waals surface area (Å²) in [6.07, 6.45) is 13.2. The van der Waals surface area contributed by atoms with Gasteiger partial charge in [0.15, 0.2) is 0 Å². The Bertz CT molecular complexity index is 2520. The smallest absolute Gasteiger partial charge is 0.303 e. The van der Waals surface area contributed by atoms with E-state index < -0.39 is 30.4 Å². The fourth-order valence-corrected chi connectivity index (χ4v) is 20.9. The Hall–Kier alpha value is -3.92. The number of benzene rings is 2. The highest BCUT2D eigenvalue weighted by atomic mass is 16.5. The number of rotatable bonds is 23. The Kier molecular flexibility index (Phi) is 19.9. The molecule has 3 amide bonds. The molecule has 0 aromatic heterocycles. The van der Waals surface area contributed by atoms with Gasteiger partial charge >= 0.3 is 5.97 Å². The Balaban J connectivity index is 0.591. The number of fused-ring (bicyclic) bond motifs is 10. The molecule has 0 unspecified atom stereocenters. The fraction of sp³-hybridized carbons (Fsp3) is 0.771. The average Bonchev–Trinajstić information content (AvgIpc) is 1.45. The molecule has 0 saturated heterocycles. The molecule has 466 valence electrons. The molecular formula is C70H105N3O11. The van der Waals surface area contributed by atoms with Crippen molar-refractivity contribution in [3.63, 3.8) is 0 Å². The number of carboxylic acids is 1. The van der Waals surface area contributed by atoms with Gasteiger partial charge in [-0.25, -0.2) is 0 Å². The highest BCUT2D eigenvalue weighted by molar-refractivity contribution is 5.83. The molecule has 84 heavy (non-hydrogen) atoms. The van der Waals surface area contributed by atoms with Crippen LogP contribution >= 0.6 is 0 Å². The highest BCUT2D eigenvalue weighted by Crippen LogP contribution is 2.70. The fourth-order valence-electron chi connectivity index (χ4n) is 20.9. The minimum atomic E-state index is -0.777. The van der Waals surface area contributed by atoms with E-state index >= 15 is 0 Å². The number of nitrogens with one attached hydrogen (secondary N) is 3. The maximum Gasteiger partial charge on any atom is 0.303 e. The van der Waals surface area contributed by atoms with Crippen LogP contribution in [0.3, 0.4) is 0 Å². The van der Waals surface area contributed by atoms with Crippen LogP contribution in [0.4, 0.5) is 0 Å². The first-order chi connectivity index (χ1) is 40.2. The first-order valence-electron chi connectivity index (χ1n) is 33.3. The summed E-state index contributed by atoms with van der Waals surface area (Å²) >= 11 is 0. The van der Waals surface area contributed by atoms with E-state index in [0.29, 0.717) is 64.3 Å². The summed E-state index contributed by atoms with van der Waals surface area (Å²) in [5.74, 6) is 1.55. The van der Waals surface area contributed by atoms with Crippen molar-refractivity contribution in [2.45, 2.75) is 219 Å². The van der Waals surface area contributed by atoms with Crippen LogP contribution < -0.4 is 16.0 Å². The predicted octanol–water partition coefficient (Wildman–Crippen LogP) is 10.2. The highest BCUT2D eigenvalue weighted by Gasteiger charge is 2.68. The lowest BCUT2D eigenvalue weighted by Gasteiger charge is -2.63. The molecule has 10 rings (SSSR count). The maximum atomic E-state index is 13.1. The van der Waals surface area contributed by atoms with Crippen molar-refractivity contribution in [1.82, 2.24) is 16.0 Å². The van der Waals surface area contributed by atoms with Gasteiger partial charge in [0.25, 0.3) is 0 Å². The number of carboxylic acid groups (broad SMARTS) is 1. The standard InChI is InChI=1S/C70H105N3O11/c1-42(50-20-22-52-65-55(41-58(76)69(50,52)5)68(4)31-29-49(37-47(68)39-57(65)75)84-66(44-14-9-7-10-15-44)45-16-11-8-12-17-45)18-24-60(78)71-32-13-33-72-61(79)25-26-62(80)73-34-35-83-48-28-30-67(3)46(36-48)38-56(74)64-53-23-21-51(43(2)19-27-63(81)82)70(53,6)59(77)40-54(64)67/h7-12,14-17,42-43,46-59,64-66,74-77H,13,18-41H2,1-6H3,(H,71,78)(H,72,79)(H,73,80)(H,81,82)/t42-,43-,46+,47+,48+,49-,50-,51-,52+,53+,54+,55+,56-,57-,58+,59+,64+,65+,67+,68+,69-,70-/m1/s1. The predicted molar refractivity (Wildman–Crippen MR) is 323 cm³/mol. The molecule has 14 heteroatoms. The number of aliphatic carboxylic acids is 1. The second kappa shape index (κ2) is 26.4. The number of carbonyl (C=O) groups is 4. The van der Waals surface area contributed by atoms with Crippen LogP contribution in [0, 0.1) is 92.7 Å². The van der Waals surface area contributed by atoms with Crippen molar-refractivity contribution in [2.24, 2.45) is 92.7 Å². The van der Waals surface area contributed by atoms with Gasteiger partial charge in [0.1, 0.15) is 6.10 Å². The summed E-state index contributed by atoms with van der Waals surface area (Å²) in [4.78, 5) is 49.9. The Labute approximate surface area is 501 Å². The molecule has 2 aromatic carbocycles. The van der Waals surface area contributed by atoms with Crippen molar-refractivity contribution >= 4 is 23.7 Å². The number of amides is 3. The Morgan fingerprint density at radius 3 is 1.46 bits per heavy atom. The summed E-state index contributed by atoms with van der Waals surface area (Å²) in [6.45, 7) is 15.3. The molecule has 8 N–H and O–H groups in total. The molecule has 8 fully saturated rings. The van der Waals surface area contributed by atoms with Crippen LogP contribution in [-0.4, -0.2) is 112 Å². The minimum absolute atomic E-state index is 0.00475. The third-order valence-corrected chi connectivity index (χ3v) is 25.5. The van der Waals surface area contributed by atoms with Crippen LogP contribution in [0.5, 0.6) is 0 Å². The van der Waals surface area contributed by atoms with E-state index in [1.807, 2.05) is 12.1 Å². The Morgan fingerprint density at radius 1 is 0.536 bits per heavy atom. The summed E-state index contributed by atoms with van der Waals surface area (Å²) in [5, 5.41) is 66.4. The average molecular weight is 1160 g/mol. The zero-order valence-electron chi connectivity index (χ0n) is 51.6. The van der Waals surface area contributed by atoms with Gasteiger partial charge in [0.05, 0.1) is 43.2 Å².